The van der Waals surface area contributed by atoms with E-state index in [1.807, 2.05) is 12.1 Å². The van der Waals surface area contributed by atoms with Crippen LogP contribution in [0.25, 0.3) is 11.0 Å². The molecule has 1 aromatic carbocycles. The van der Waals surface area contributed by atoms with Crippen molar-refractivity contribution in [2.75, 3.05) is 5.73 Å². The number of aryl methyl sites for hydroxylation is 1. The Morgan fingerprint density at radius 1 is 1.47 bits per heavy atom. The van der Waals surface area contributed by atoms with Gasteiger partial charge in [0.15, 0.2) is 0 Å². The first-order chi connectivity index (χ1) is 7.25. The van der Waals surface area contributed by atoms with Gasteiger partial charge in [0, 0.05) is 6.54 Å². The maximum atomic E-state index is 5.95. The maximum absolute atomic E-state index is 5.95. The van der Waals surface area contributed by atoms with Crippen LogP contribution in [0, 0.1) is 12.8 Å². The van der Waals surface area contributed by atoms with Gasteiger partial charge in [0.2, 0.25) is 5.95 Å². The number of hydrogen-bond donors (Lipinski definition) is 1. The SMILES string of the molecule is Cc1cccc2nc(N)n(CC3CC3)c12. The standard InChI is InChI=1S/C12H15N3/c1-8-3-2-4-10-11(8)15(12(13)14-10)7-9-5-6-9/h2-4,9H,5-7H2,1H3,(H2,13,14). The van der Waals surface area contributed by atoms with Crippen molar-refractivity contribution < 1.29 is 0 Å². The van der Waals surface area contributed by atoms with E-state index >= 15 is 0 Å². The van der Waals surface area contributed by atoms with Crippen molar-refractivity contribution in [2.24, 2.45) is 5.92 Å². The zero-order valence-corrected chi connectivity index (χ0v) is 8.90. The fraction of sp³-hybridized carbons (Fsp3) is 0.417. The summed E-state index contributed by atoms with van der Waals surface area (Å²) in [6.07, 6.45) is 2.68. The second-order valence-corrected chi connectivity index (χ2v) is 4.47. The molecule has 0 radical (unpaired) electrons. The van der Waals surface area contributed by atoms with Crippen molar-refractivity contribution in [2.45, 2.75) is 26.3 Å². The molecule has 1 aliphatic carbocycles. The predicted molar refractivity (Wildman–Crippen MR) is 61.6 cm³/mol. The molecule has 1 saturated carbocycles. The van der Waals surface area contributed by atoms with Crippen molar-refractivity contribution in [3.8, 4) is 0 Å². The summed E-state index contributed by atoms with van der Waals surface area (Å²) in [5.41, 5.74) is 9.44. The van der Waals surface area contributed by atoms with Gasteiger partial charge in [0.25, 0.3) is 0 Å². The highest BCUT2D eigenvalue weighted by molar-refractivity contribution is 5.81. The second kappa shape index (κ2) is 2.99. The fourth-order valence-corrected chi connectivity index (χ4v) is 2.13. The van der Waals surface area contributed by atoms with E-state index in [-0.39, 0.29) is 0 Å². The molecule has 0 atom stereocenters. The molecule has 3 heteroatoms. The first kappa shape index (κ1) is 8.77. The normalized spacial score (nSPS) is 16.1. The third-order valence-electron chi connectivity index (χ3n) is 3.14. The Balaban J connectivity index is 2.20. The Morgan fingerprint density at radius 3 is 3.00 bits per heavy atom. The van der Waals surface area contributed by atoms with Gasteiger partial charge in [-0.3, -0.25) is 0 Å². The molecule has 0 bridgehead atoms. The Morgan fingerprint density at radius 2 is 2.27 bits per heavy atom. The average molecular weight is 201 g/mol. The number of nitrogens with two attached hydrogens (primary N) is 1. The van der Waals surface area contributed by atoms with Gasteiger partial charge in [-0.2, -0.15) is 0 Å². The summed E-state index contributed by atoms with van der Waals surface area (Å²) in [7, 11) is 0. The molecule has 1 heterocycles. The van der Waals surface area contributed by atoms with E-state index in [0.29, 0.717) is 5.95 Å². The lowest BCUT2D eigenvalue weighted by Crippen LogP contribution is -2.05. The van der Waals surface area contributed by atoms with Crippen molar-refractivity contribution in [3.05, 3.63) is 23.8 Å². The highest BCUT2D eigenvalue weighted by atomic mass is 15.2. The number of rotatable bonds is 2. The van der Waals surface area contributed by atoms with E-state index in [1.54, 1.807) is 0 Å². The van der Waals surface area contributed by atoms with E-state index in [2.05, 4.69) is 22.5 Å². The number of imidazole rings is 1. The zero-order chi connectivity index (χ0) is 10.4. The van der Waals surface area contributed by atoms with Gasteiger partial charge in [0.1, 0.15) is 0 Å². The average Bonchev–Trinajstić information content (AvgIpc) is 2.93. The van der Waals surface area contributed by atoms with Gasteiger partial charge in [0.05, 0.1) is 11.0 Å². The van der Waals surface area contributed by atoms with Crippen LogP contribution in [-0.2, 0) is 6.54 Å². The summed E-state index contributed by atoms with van der Waals surface area (Å²) >= 11 is 0. The number of nitrogens with zero attached hydrogens (tertiary/aromatic N) is 2. The van der Waals surface area contributed by atoms with Crippen LogP contribution in [0.2, 0.25) is 0 Å². The Hall–Kier alpha value is -1.51. The fourth-order valence-electron chi connectivity index (χ4n) is 2.13. The minimum Gasteiger partial charge on any atom is -0.369 e. The molecule has 1 aliphatic rings. The van der Waals surface area contributed by atoms with E-state index in [4.69, 9.17) is 5.73 Å². The molecule has 0 spiro atoms. The van der Waals surface area contributed by atoms with Crippen LogP contribution in [0.3, 0.4) is 0 Å². The van der Waals surface area contributed by atoms with Crippen LogP contribution in [-0.4, -0.2) is 9.55 Å². The zero-order valence-electron chi connectivity index (χ0n) is 8.90. The lowest BCUT2D eigenvalue weighted by molar-refractivity contribution is 0.649. The van der Waals surface area contributed by atoms with Crippen molar-refractivity contribution in [1.29, 1.82) is 0 Å². The van der Waals surface area contributed by atoms with Crippen LogP contribution in [0.1, 0.15) is 18.4 Å². The van der Waals surface area contributed by atoms with E-state index in [9.17, 15) is 0 Å². The topological polar surface area (TPSA) is 43.8 Å². The monoisotopic (exact) mass is 201 g/mol. The van der Waals surface area contributed by atoms with E-state index in [0.717, 1.165) is 18.0 Å². The quantitative estimate of drug-likeness (QED) is 0.810. The summed E-state index contributed by atoms with van der Waals surface area (Å²) in [5, 5.41) is 0. The molecule has 1 aromatic heterocycles. The number of anilines is 1. The maximum Gasteiger partial charge on any atom is 0.201 e. The van der Waals surface area contributed by atoms with Gasteiger partial charge in [-0.1, -0.05) is 12.1 Å². The first-order valence-electron chi connectivity index (χ1n) is 5.47. The molecule has 15 heavy (non-hydrogen) atoms. The minimum atomic E-state index is 0.659. The molecule has 2 aromatic rings. The summed E-state index contributed by atoms with van der Waals surface area (Å²) in [6.45, 7) is 3.15. The Bertz CT molecular complexity index is 509. The molecule has 1 fully saturated rings. The van der Waals surface area contributed by atoms with E-state index < -0.39 is 0 Å². The summed E-state index contributed by atoms with van der Waals surface area (Å²) in [5.74, 6) is 1.48. The van der Waals surface area contributed by atoms with E-state index in [1.165, 1.54) is 23.9 Å². The lowest BCUT2D eigenvalue weighted by atomic mass is 10.2. The highest BCUT2D eigenvalue weighted by Gasteiger charge is 2.23. The molecule has 0 amide bonds. The molecule has 3 rings (SSSR count). The molecule has 0 unspecified atom stereocenters. The summed E-state index contributed by atoms with van der Waals surface area (Å²) < 4.78 is 2.17. The van der Waals surface area contributed by atoms with Crippen molar-refractivity contribution >= 4 is 17.0 Å². The molecule has 2 N–H and O–H groups in total. The van der Waals surface area contributed by atoms with Gasteiger partial charge in [-0.05, 0) is 37.3 Å². The van der Waals surface area contributed by atoms with Crippen LogP contribution in [0.4, 0.5) is 5.95 Å². The Kier molecular flexibility index (Phi) is 1.75. The van der Waals surface area contributed by atoms with Crippen LogP contribution >= 0.6 is 0 Å². The summed E-state index contributed by atoms with van der Waals surface area (Å²) in [4.78, 5) is 4.40. The predicted octanol–water partition coefficient (Wildman–Crippen LogP) is 2.34. The third kappa shape index (κ3) is 1.39. The molecular formula is C12H15N3. The van der Waals surface area contributed by atoms with Crippen LogP contribution in [0.5, 0.6) is 0 Å². The number of aromatic nitrogens is 2. The minimum absolute atomic E-state index is 0.659. The van der Waals surface area contributed by atoms with Crippen LogP contribution < -0.4 is 5.73 Å². The lowest BCUT2D eigenvalue weighted by Gasteiger charge is -2.06. The van der Waals surface area contributed by atoms with Crippen molar-refractivity contribution in [3.63, 3.8) is 0 Å². The second-order valence-electron chi connectivity index (χ2n) is 4.47. The number of hydrogen-bond acceptors (Lipinski definition) is 2. The molecule has 0 aliphatic heterocycles. The van der Waals surface area contributed by atoms with Gasteiger partial charge in [-0.25, -0.2) is 4.98 Å². The Labute approximate surface area is 88.9 Å². The number of benzene rings is 1. The molecule has 78 valence electrons. The van der Waals surface area contributed by atoms with Crippen molar-refractivity contribution in [1.82, 2.24) is 9.55 Å². The number of para-hydroxylation sites is 1. The number of fused-ring (bicyclic) bond motifs is 1. The largest absolute Gasteiger partial charge is 0.369 e. The molecule has 0 saturated heterocycles. The first-order valence-corrected chi connectivity index (χ1v) is 5.47. The highest BCUT2D eigenvalue weighted by Crippen LogP contribution is 2.33. The van der Waals surface area contributed by atoms with Gasteiger partial charge in [-0.15, -0.1) is 0 Å². The smallest absolute Gasteiger partial charge is 0.201 e. The van der Waals surface area contributed by atoms with Gasteiger partial charge >= 0.3 is 0 Å². The van der Waals surface area contributed by atoms with Gasteiger partial charge < -0.3 is 10.3 Å². The summed E-state index contributed by atoms with van der Waals surface area (Å²) in [6, 6.07) is 6.18. The third-order valence-corrected chi connectivity index (χ3v) is 3.14. The molecule has 3 nitrogen and oxygen atoms in total. The van der Waals surface area contributed by atoms with Crippen LogP contribution in [0.15, 0.2) is 18.2 Å². The number of nitrogen functional groups attached to an aromatic ring is 1. The molecular weight excluding hydrogens is 186 g/mol.